The fourth-order valence-corrected chi connectivity index (χ4v) is 3.92. The van der Waals surface area contributed by atoms with Gasteiger partial charge in [-0.3, -0.25) is 9.69 Å². The van der Waals surface area contributed by atoms with E-state index in [1.807, 2.05) is 18.2 Å². The van der Waals surface area contributed by atoms with E-state index in [2.05, 4.69) is 4.90 Å². The monoisotopic (exact) mass is 384 g/mol. The number of hydrogen-bond acceptors (Lipinski definition) is 4. The topological polar surface area (TPSA) is 53.0 Å². The van der Waals surface area contributed by atoms with Crippen LogP contribution in [0.15, 0.2) is 42.5 Å². The zero-order valence-corrected chi connectivity index (χ0v) is 15.8. The molecule has 2 heterocycles. The van der Waals surface area contributed by atoms with Crippen LogP contribution in [0.25, 0.3) is 0 Å². The molecule has 0 unspecified atom stereocenters. The molecule has 5 nitrogen and oxygen atoms in total. The summed E-state index contributed by atoms with van der Waals surface area (Å²) in [5, 5.41) is 10.7. The minimum Gasteiger partial charge on any atom is -0.387 e. The molecule has 4 rings (SSSR count). The molecular formula is C22H25FN2O3. The van der Waals surface area contributed by atoms with Gasteiger partial charge in [-0.05, 0) is 54.3 Å². The van der Waals surface area contributed by atoms with E-state index in [1.54, 1.807) is 4.90 Å². The second kappa shape index (κ2) is 8.39. The van der Waals surface area contributed by atoms with Gasteiger partial charge < -0.3 is 14.7 Å². The van der Waals surface area contributed by atoms with Crippen LogP contribution in [0, 0.1) is 5.82 Å². The molecule has 1 atom stereocenters. The number of ether oxygens (including phenoxy) is 1. The maximum absolute atomic E-state index is 13.2. The molecule has 2 aliphatic heterocycles. The first kappa shape index (κ1) is 19.1. The Morgan fingerprint density at radius 2 is 1.86 bits per heavy atom. The first-order valence-electron chi connectivity index (χ1n) is 9.80. The molecule has 1 amide bonds. The minimum absolute atomic E-state index is 0.123. The summed E-state index contributed by atoms with van der Waals surface area (Å²) in [4.78, 5) is 16.9. The van der Waals surface area contributed by atoms with Crippen LogP contribution < -0.4 is 4.90 Å². The number of carbonyl (C=O) groups excluding carboxylic acids is 1. The Morgan fingerprint density at radius 3 is 2.61 bits per heavy atom. The van der Waals surface area contributed by atoms with Crippen molar-refractivity contribution in [1.29, 1.82) is 0 Å². The summed E-state index contributed by atoms with van der Waals surface area (Å²) in [5.74, 6) is -0.475. The van der Waals surface area contributed by atoms with Crippen molar-refractivity contribution in [3.05, 3.63) is 65.0 Å². The number of benzene rings is 2. The molecule has 1 fully saturated rings. The third kappa shape index (κ3) is 4.09. The third-order valence-corrected chi connectivity index (χ3v) is 5.48. The van der Waals surface area contributed by atoms with Crippen molar-refractivity contribution in [3.63, 3.8) is 0 Å². The van der Waals surface area contributed by atoms with Gasteiger partial charge >= 0.3 is 0 Å². The van der Waals surface area contributed by atoms with Crippen molar-refractivity contribution in [2.24, 2.45) is 0 Å². The SMILES string of the molecule is O=C(c1ccc(F)cc1)N1CCCc2cc([C@@H](O)CN3CCOCC3)ccc21. The van der Waals surface area contributed by atoms with Crippen LogP contribution in [-0.2, 0) is 11.2 Å². The number of carbonyl (C=O) groups is 1. The lowest BCUT2D eigenvalue weighted by atomic mass is 9.96. The van der Waals surface area contributed by atoms with Gasteiger partial charge in [0.25, 0.3) is 5.91 Å². The summed E-state index contributed by atoms with van der Waals surface area (Å²) < 4.78 is 18.5. The van der Waals surface area contributed by atoms with Gasteiger partial charge in [-0.15, -0.1) is 0 Å². The Labute approximate surface area is 164 Å². The van der Waals surface area contributed by atoms with Gasteiger partial charge in [0, 0.05) is 37.4 Å². The number of anilines is 1. The van der Waals surface area contributed by atoms with Crippen LogP contribution in [-0.4, -0.2) is 55.3 Å². The van der Waals surface area contributed by atoms with Crippen molar-refractivity contribution < 1.29 is 19.0 Å². The Hall–Kier alpha value is -2.28. The van der Waals surface area contributed by atoms with Gasteiger partial charge in [-0.2, -0.15) is 0 Å². The number of halogens is 1. The lowest BCUT2D eigenvalue weighted by molar-refractivity contribution is 0.0143. The van der Waals surface area contributed by atoms with Crippen molar-refractivity contribution in [1.82, 2.24) is 4.90 Å². The number of hydrogen-bond donors (Lipinski definition) is 1. The predicted molar refractivity (Wildman–Crippen MR) is 105 cm³/mol. The van der Waals surface area contributed by atoms with Gasteiger partial charge in [0.15, 0.2) is 0 Å². The second-order valence-electron chi connectivity index (χ2n) is 7.38. The highest BCUT2D eigenvalue weighted by Crippen LogP contribution is 2.31. The van der Waals surface area contributed by atoms with E-state index in [0.717, 1.165) is 42.7 Å². The quantitative estimate of drug-likeness (QED) is 0.881. The summed E-state index contributed by atoms with van der Waals surface area (Å²) >= 11 is 0. The number of morpholine rings is 1. The average molecular weight is 384 g/mol. The molecule has 2 aliphatic rings. The molecule has 2 aromatic rings. The molecule has 28 heavy (non-hydrogen) atoms. The van der Waals surface area contributed by atoms with Crippen LogP contribution in [0.4, 0.5) is 10.1 Å². The Bertz CT molecular complexity index is 834. The van der Waals surface area contributed by atoms with Crippen LogP contribution in [0.3, 0.4) is 0 Å². The van der Waals surface area contributed by atoms with E-state index in [0.29, 0.717) is 31.9 Å². The Kier molecular flexibility index (Phi) is 5.71. The van der Waals surface area contributed by atoms with E-state index in [1.165, 1.54) is 24.3 Å². The zero-order chi connectivity index (χ0) is 19.5. The van der Waals surface area contributed by atoms with E-state index < -0.39 is 6.10 Å². The smallest absolute Gasteiger partial charge is 0.258 e. The Balaban J connectivity index is 1.52. The molecule has 0 saturated carbocycles. The number of nitrogens with zero attached hydrogens (tertiary/aromatic N) is 2. The number of aliphatic hydroxyl groups is 1. The first-order valence-corrected chi connectivity index (χ1v) is 9.80. The normalized spacial score (nSPS) is 18.6. The maximum atomic E-state index is 13.2. The van der Waals surface area contributed by atoms with Gasteiger partial charge in [0.05, 0.1) is 19.3 Å². The van der Waals surface area contributed by atoms with Crippen LogP contribution in [0.1, 0.15) is 34.0 Å². The van der Waals surface area contributed by atoms with E-state index in [4.69, 9.17) is 4.74 Å². The molecule has 0 aromatic heterocycles. The molecule has 0 bridgehead atoms. The number of fused-ring (bicyclic) bond motifs is 1. The summed E-state index contributed by atoms with van der Waals surface area (Å²) in [6, 6.07) is 11.5. The number of rotatable bonds is 4. The molecule has 1 N–H and O–H groups in total. The number of β-amino-alcohol motifs (C(OH)–C–C–N with tert-alkyl or cyclic N) is 1. The van der Waals surface area contributed by atoms with Crippen LogP contribution >= 0.6 is 0 Å². The molecule has 0 spiro atoms. The summed E-state index contributed by atoms with van der Waals surface area (Å²) in [6.07, 6.45) is 1.18. The van der Waals surface area contributed by atoms with Crippen LogP contribution in [0.5, 0.6) is 0 Å². The van der Waals surface area contributed by atoms with Gasteiger partial charge in [0.1, 0.15) is 5.82 Å². The summed E-state index contributed by atoms with van der Waals surface area (Å²) in [7, 11) is 0. The first-order chi connectivity index (χ1) is 13.6. The largest absolute Gasteiger partial charge is 0.387 e. The number of aliphatic hydroxyl groups excluding tert-OH is 1. The maximum Gasteiger partial charge on any atom is 0.258 e. The van der Waals surface area contributed by atoms with E-state index in [9.17, 15) is 14.3 Å². The minimum atomic E-state index is -0.563. The summed E-state index contributed by atoms with van der Waals surface area (Å²) in [5.41, 5.74) is 3.30. The van der Waals surface area contributed by atoms with Gasteiger partial charge in [0.2, 0.25) is 0 Å². The average Bonchev–Trinajstić information content (AvgIpc) is 2.73. The van der Waals surface area contributed by atoms with Crippen molar-refractivity contribution in [2.45, 2.75) is 18.9 Å². The zero-order valence-electron chi connectivity index (χ0n) is 15.8. The molecular weight excluding hydrogens is 359 g/mol. The molecule has 148 valence electrons. The lowest BCUT2D eigenvalue weighted by Crippen LogP contribution is -2.39. The van der Waals surface area contributed by atoms with Gasteiger partial charge in [-0.25, -0.2) is 4.39 Å². The number of amides is 1. The molecule has 6 heteroatoms. The molecule has 1 saturated heterocycles. The number of aryl methyl sites for hydroxylation is 1. The summed E-state index contributed by atoms with van der Waals surface area (Å²) in [6.45, 7) is 4.30. The lowest BCUT2D eigenvalue weighted by Gasteiger charge is -2.31. The predicted octanol–water partition coefficient (Wildman–Crippen LogP) is 2.78. The standard InChI is InChI=1S/C22H25FN2O3/c23-19-6-3-16(4-7-19)22(27)25-9-1-2-17-14-18(5-8-20(17)25)21(26)15-24-10-12-28-13-11-24/h3-8,14,21,26H,1-2,9-13,15H2/t21-/m0/s1. The van der Waals surface area contributed by atoms with Crippen molar-refractivity contribution in [3.8, 4) is 0 Å². The highest BCUT2D eigenvalue weighted by molar-refractivity contribution is 6.06. The third-order valence-electron chi connectivity index (χ3n) is 5.48. The van der Waals surface area contributed by atoms with Crippen LogP contribution in [0.2, 0.25) is 0 Å². The van der Waals surface area contributed by atoms with E-state index >= 15 is 0 Å². The van der Waals surface area contributed by atoms with E-state index in [-0.39, 0.29) is 11.7 Å². The highest BCUT2D eigenvalue weighted by atomic mass is 19.1. The molecule has 0 radical (unpaired) electrons. The second-order valence-corrected chi connectivity index (χ2v) is 7.38. The van der Waals surface area contributed by atoms with Crippen molar-refractivity contribution >= 4 is 11.6 Å². The van der Waals surface area contributed by atoms with Crippen molar-refractivity contribution in [2.75, 3.05) is 44.3 Å². The van der Waals surface area contributed by atoms with Gasteiger partial charge in [-0.1, -0.05) is 12.1 Å². The molecule has 2 aromatic carbocycles. The molecule has 0 aliphatic carbocycles. The highest BCUT2D eigenvalue weighted by Gasteiger charge is 2.25. The Morgan fingerprint density at radius 1 is 1.11 bits per heavy atom. The fraction of sp³-hybridized carbons (Fsp3) is 0.409. The fourth-order valence-electron chi connectivity index (χ4n) is 3.92.